The lowest BCUT2D eigenvalue weighted by molar-refractivity contribution is -0.116. The van der Waals surface area contributed by atoms with Crippen LogP contribution in [0.2, 0.25) is 16.6 Å². The highest BCUT2D eigenvalue weighted by molar-refractivity contribution is 6.77. The lowest BCUT2D eigenvalue weighted by Crippen LogP contribution is -2.61. The minimum Gasteiger partial charge on any atom is -0.412 e. The van der Waals surface area contributed by atoms with Crippen LogP contribution in [0.3, 0.4) is 0 Å². The third-order valence-corrected chi connectivity index (χ3v) is 16.1. The quantitative estimate of drug-likeness (QED) is 0.393. The van der Waals surface area contributed by atoms with Gasteiger partial charge in [-0.1, -0.05) is 72.2 Å². The van der Waals surface area contributed by atoms with Crippen molar-refractivity contribution in [2.24, 2.45) is 35.0 Å². The van der Waals surface area contributed by atoms with Crippen molar-refractivity contribution in [2.45, 2.75) is 97.4 Å². The van der Waals surface area contributed by atoms with Crippen molar-refractivity contribution in [3.05, 3.63) is 22.8 Å². The average Bonchev–Trinajstić information content (AvgIpc) is 3.42. The number of halogens is 1. The molecule has 0 amide bonds. The molecule has 30 heavy (non-hydrogen) atoms. The van der Waals surface area contributed by atoms with Gasteiger partial charge in [0, 0.05) is 11.0 Å². The molecule has 0 unspecified atom stereocenters. The smallest absolute Gasteiger partial charge is 0.200 e. The predicted molar refractivity (Wildman–Crippen MR) is 128 cm³/mol. The van der Waals surface area contributed by atoms with Crippen molar-refractivity contribution in [3.63, 3.8) is 0 Å². The van der Waals surface area contributed by atoms with Crippen LogP contribution >= 0.6 is 11.6 Å². The van der Waals surface area contributed by atoms with Gasteiger partial charge in [0.2, 0.25) is 8.32 Å². The summed E-state index contributed by atoms with van der Waals surface area (Å²) in [6, 6.07) is 0. The fraction of sp³-hybridized carbons (Fsp3) is 0.808. The van der Waals surface area contributed by atoms with Gasteiger partial charge in [0.1, 0.15) is 0 Å². The largest absolute Gasteiger partial charge is 0.412 e. The molecule has 0 heterocycles. The molecule has 0 aliphatic heterocycles. The van der Waals surface area contributed by atoms with E-state index in [1.807, 2.05) is 0 Å². The van der Waals surface area contributed by atoms with E-state index in [4.69, 9.17) is 16.0 Å². The van der Waals surface area contributed by atoms with Gasteiger partial charge in [0.25, 0.3) is 0 Å². The molecular formula is C26H41ClO2Si. The molecule has 6 atom stereocenters. The fourth-order valence-electron chi connectivity index (χ4n) is 8.24. The molecule has 0 aromatic heterocycles. The Morgan fingerprint density at radius 3 is 2.13 bits per heavy atom. The summed E-state index contributed by atoms with van der Waals surface area (Å²) in [5.41, 5.74) is 3.16. The van der Waals surface area contributed by atoms with Crippen molar-refractivity contribution in [2.75, 3.05) is 0 Å². The summed E-state index contributed by atoms with van der Waals surface area (Å²) in [6.45, 7) is 18.3. The summed E-state index contributed by atoms with van der Waals surface area (Å²) in [5, 5.41) is 1.05. The molecule has 0 N–H and O–H groups in total. The topological polar surface area (TPSA) is 26.3 Å². The first kappa shape index (κ1) is 22.8. The summed E-state index contributed by atoms with van der Waals surface area (Å²) in [4.78, 5) is 12.4. The number of rotatable bonds is 6. The van der Waals surface area contributed by atoms with E-state index in [1.165, 1.54) is 12.8 Å². The first-order valence-corrected chi connectivity index (χ1v) is 14.8. The Morgan fingerprint density at radius 1 is 1.10 bits per heavy atom. The van der Waals surface area contributed by atoms with Crippen LogP contribution in [0, 0.1) is 35.0 Å². The SMILES string of the molecule is CC(=O)C1=C[C@H]2[C@@H](O[Si](C(C)C)(C(C)C)C(C)C)[C@H](C1)[C@@H]1[C@H](C)C(Cl)=C[C@@H]2C12CC2. The third-order valence-electron chi connectivity index (χ3n) is 9.49. The van der Waals surface area contributed by atoms with Gasteiger partial charge in [0.05, 0.1) is 6.10 Å². The molecule has 4 bridgehead atoms. The Labute approximate surface area is 190 Å². The van der Waals surface area contributed by atoms with Crippen LogP contribution < -0.4 is 0 Å². The maximum Gasteiger partial charge on any atom is 0.200 e. The molecule has 4 aliphatic rings. The Kier molecular flexibility index (Phi) is 5.77. The first-order valence-electron chi connectivity index (χ1n) is 12.2. The monoisotopic (exact) mass is 448 g/mol. The van der Waals surface area contributed by atoms with Crippen molar-refractivity contribution in [1.29, 1.82) is 0 Å². The zero-order chi connectivity index (χ0) is 22.2. The van der Waals surface area contributed by atoms with Gasteiger partial charge in [-0.25, -0.2) is 0 Å². The van der Waals surface area contributed by atoms with Gasteiger partial charge in [-0.05, 0) is 77.5 Å². The second-order valence-corrected chi connectivity index (χ2v) is 17.6. The number of carbonyl (C=O) groups excluding carboxylic acids is 1. The number of ketones is 1. The van der Waals surface area contributed by atoms with Crippen molar-refractivity contribution in [3.8, 4) is 0 Å². The van der Waals surface area contributed by atoms with Gasteiger partial charge in [-0.3, -0.25) is 4.79 Å². The lowest BCUT2D eigenvalue weighted by Gasteiger charge is -2.60. The van der Waals surface area contributed by atoms with Crippen LogP contribution in [0.4, 0.5) is 0 Å². The number of allylic oxidation sites excluding steroid dienone is 3. The molecule has 0 aromatic rings. The third kappa shape index (κ3) is 3.09. The number of hydrogen-bond donors (Lipinski definition) is 0. The maximum absolute atomic E-state index is 12.4. The van der Waals surface area contributed by atoms with E-state index in [2.05, 4.69) is 60.6 Å². The second kappa shape index (κ2) is 7.59. The highest BCUT2D eigenvalue weighted by atomic mass is 35.5. The molecule has 2 nitrogen and oxygen atoms in total. The van der Waals surface area contributed by atoms with Crippen LogP contribution in [0.1, 0.15) is 74.7 Å². The lowest BCUT2D eigenvalue weighted by atomic mass is 9.49. The molecule has 168 valence electrons. The highest BCUT2D eigenvalue weighted by Crippen LogP contribution is 2.73. The Bertz CT molecular complexity index is 754. The molecule has 1 spiro atoms. The van der Waals surface area contributed by atoms with Crippen LogP contribution in [-0.2, 0) is 9.22 Å². The van der Waals surface area contributed by atoms with E-state index in [-0.39, 0.29) is 11.9 Å². The Balaban J connectivity index is 1.83. The van der Waals surface area contributed by atoms with Crippen LogP contribution in [0.25, 0.3) is 0 Å². The molecule has 0 aromatic carbocycles. The molecule has 4 heteroatoms. The summed E-state index contributed by atoms with van der Waals surface area (Å²) in [5.74, 6) is 2.31. The molecular weight excluding hydrogens is 408 g/mol. The normalized spacial score (nSPS) is 36.9. The van der Waals surface area contributed by atoms with E-state index in [0.29, 0.717) is 51.6 Å². The van der Waals surface area contributed by atoms with Crippen LogP contribution in [0.5, 0.6) is 0 Å². The number of fused-ring (bicyclic) bond motifs is 4. The van der Waals surface area contributed by atoms with E-state index in [1.54, 1.807) is 6.92 Å². The van der Waals surface area contributed by atoms with Gasteiger partial charge < -0.3 is 4.43 Å². The summed E-state index contributed by atoms with van der Waals surface area (Å²) < 4.78 is 7.51. The van der Waals surface area contributed by atoms with Crippen molar-refractivity contribution >= 4 is 25.7 Å². The maximum atomic E-state index is 12.4. The van der Waals surface area contributed by atoms with Crippen LogP contribution in [-0.4, -0.2) is 20.2 Å². The van der Waals surface area contributed by atoms with Crippen molar-refractivity contribution < 1.29 is 9.22 Å². The standard InChI is InChI=1S/C26H41ClO2Si/c1-14(2)30(15(3)4,16(5)6)29-25-20-11-19(18(8)28)12-21(25)24-17(7)23(27)13-22(20)26(24)9-10-26/h11,13-17,20-22,24-25H,9-10,12H2,1-8H3/t17-,20-,21-,22+,24+,25-/m1/s1. The van der Waals surface area contributed by atoms with Gasteiger partial charge in [-0.2, -0.15) is 0 Å². The van der Waals surface area contributed by atoms with E-state index in [9.17, 15) is 4.79 Å². The summed E-state index contributed by atoms with van der Waals surface area (Å²) in [6.07, 6.45) is 8.44. The minimum absolute atomic E-state index is 0.233. The Hall–Kier alpha value is -0.383. The van der Waals surface area contributed by atoms with E-state index < -0.39 is 8.32 Å². The predicted octanol–water partition coefficient (Wildman–Crippen LogP) is 7.50. The molecule has 0 saturated heterocycles. The van der Waals surface area contributed by atoms with Crippen LogP contribution in [0.15, 0.2) is 22.8 Å². The number of Topliss-reactive ketones (excluding diaryl/α,β-unsaturated/α-hetero) is 1. The average molecular weight is 449 g/mol. The molecule has 2 fully saturated rings. The van der Waals surface area contributed by atoms with Crippen molar-refractivity contribution in [1.82, 2.24) is 0 Å². The van der Waals surface area contributed by atoms with E-state index >= 15 is 0 Å². The molecule has 0 radical (unpaired) electrons. The number of hydrogen-bond acceptors (Lipinski definition) is 2. The van der Waals surface area contributed by atoms with E-state index in [0.717, 1.165) is 17.0 Å². The zero-order valence-corrected chi connectivity index (χ0v) is 21.9. The highest BCUT2D eigenvalue weighted by Gasteiger charge is 2.68. The molecule has 2 saturated carbocycles. The summed E-state index contributed by atoms with van der Waals surface area (Å²) >= 11 is 6.81. The fourth-order valence-corrected chi connectivity index (χ4v) is 14.1. The second-order valence-electron chi connectivity index (χ2n) is 11.7. The zero-order valence-electron chi connectivity index (χ0n) is 20.2. The molecule has 4 aliphatic carbocycles. The van der Waals surface area contributed by atoms with Gasteiger partial charge >= 0.3 is 0 Å². The Morgan fingerprint density at radius 2 is 1.67 bits per heavy atom. The molecule has 4 rings (SSSR count). The van der Waals surface area contributed by atoms with Gasteiger partial charge in [-0.15, -0.1) is 0 Å². The number of carbonyl (C=O) groups is 1. The minimum atomic E-state index is -2.01. The van der Waals surface area contributed by atoms with Gasteiger partial charge in [0.15, 0.2) is 5.78 Å². The summed E-state index contributed by atoms with van der Waals surface area (Å²) in [7, 11) is -2.01. The first-order chi connectivity index (χ1) is 14.0.